The number of nitrogens with zero attached hydrogens (tertiary/aromatic N) is 3. The molecule has 0 saturated carbocycles. The van der Waals surface area contributed by atoms with Crippen LogP contribution in [-0.4, -0.2) is 46.9 Å². The van der Waals surface area contributed by atoms with E-state index >= 15 is 0 Å². The zero-order chi connectivity index (χ0) is 27.2. The fraction of sp³-hybridized carbons (Fsp3) is 0.355. The van der Waals surface area contributed by atoms with Crippen molar-refractivity contribution in [2.24, 2.45) is 0 Å². The summed E-state index contributed by atoms with van der Waals surface area (Å²) in [5.74, 6) is -0.867. The van der Waals surface area contributed by atoms with E-state index in [2.05, 4.69) is 71.0 Å². The highest BCUT2D eigenvalue weighted by Gasteiger charge is 2.22. The maximum absolute atomic E-state index is 12.6. The predicted molar refractivity (Wildman–Crippen MR) is 158 cm³/mol. The number of carbonyl (C=O) groups excluding carboxylic acids is 1. The molecular formula is C31H35N3O4S. The van der Waals surface area contributed by atoms with E-state index in [0.717, 1.165) is 44.8 Å². The largest absolute Gasteiger partial charge is 0.444 e. The molecule has 0 bridgehead atoms. The van der Waals surface area contributed by atoms with E-state index in [-0.39, 0.29) is 24.4 Å². The zero-order valence-electron chi connectivity index (χ0n) is 22.3. The first kappa shape index (κ1) is 27.1. The molecule has 1 aliphatic heterocycles. The van der Waals surface area contributed by atoms with Crippen LogP contribution in [-0.2, 0) is 22.8 Å². The summed E-state index contributed by atoms with van der Waals surface area (Å²) in [6.45, 7) is 6.21. The van der Waals surface area contributed by atoms with Crippen molar-refractivity contribution in [2.75, 3.05) is 31.1 Å². The average molecular weight is 546 g/mol. The van der Waals surface area contributed by atoms with Gasteiger partial charge in [-0.25, -0.2) is 9.36 Å². The molecule has 7 nitrogen and oxygen atoms in total. The number of para-hydroxylation sites is 1. The molecule has 0 aliphatic carbocycles. The van der Waals surface area contributed by atoms with Crippen LogP contribution < -0.4 is 10.7 Å². The monoisotopic (exact) mass is 545 g/mol. The number of esters is 1. The number of benzene rings is 3. The molecule has 1 aromatic heterocycles. The fourth-order valence-corrected chi connectivity index (χ4v) is 5.15. The second-order valence-corrected chi connectivity index (χ2v) is 10.7. The molecule has 5 rings (SSSR count). The van der Waals surface area contributed by atoms with E-state index in [4.69, 9.17) is 9.15 Å². The number of rotatable bonds is 10. The van der Waals surface area contributed by atoms with Gasteiger partial charge >= 0.3 is 11.7 Å². The third kappa shape index (κ3) is 6.57. The lowest BCUT2D eigenvalue weighted by molar-refractivity contribution is -0.147. The van der Waals surface area contributed by atoms with Crippen molar-refractivity contribution >= 4 is 35.4 Å². The van der Waals surface area contributed by atoms with Crippen LogP contribution in [0.15, 0.2) is 82.0 Å². The van der Waals surface area contributed by atoms with Crippen LogP contribution in [0.5, 0.6) is 0 Å². The Bertz CT molecular complexity index is 1460. The Labute approximate surface area is 234 Å². The number of hydrogen-bond acceptors (Lipinski definition) is 7. The van der Waals surface area contributed by atoms with Gasteiger partial charge in [0.2, 0.25) is 0 Å². The van der Waals surface area contributed by atoms with Gasteiger partial charge in [-0.2, -0.15) is 12.6 Å². The fourth-order valence-electron chi connectivity index (χ4n) is 5.02. The molecule has 1 unspecified atom stereocenters. The Morgan fingerprint density at radius 1 is 0.974 bits per heavy atom. The number of aromatic nitrogens is 1. The van der Waals surface area contributed by atoms with E-state index in [9.17, 15) is 9.59 Å². The molecule has 39 heavy (non-hydrogen) atoms. The van der Waals surface area contributed by atoms with E-state index in [1.807, 2.05) is 31.2 Å². The second kappa shape index (κ2) is 12.6. The van der Waals surface area contributed by atoms with Gasteiger partial charge in [0.15, 0.2) is 12.3 Å². The minimum atomic E-state index is -0.525. The molecular weight excluding hydrogens is 510 g/mol. The van der Waals surface area contributed by atoms with E-state index in [1.165, 1.54) is 21.3 Å². The number of ether oxygens (including phenoxy) is 1. The smallest absolute Gasteiger partial charge is 0.422 e. The molecule has 0 spiro atoms. The van der Waals surface area contributed by atoms with Crippen LogP contribution in [0.3, 0.4) is 0 Å². The normalized spacial score (nSPS) is 15.0. The summed E-state index contributed by atoms with van der Waals surface area (Å²) in [5, 5.41) is 0.164. The standard InChI is InChI=1S/C31H35N3O4S/c1-2-26(39)14-15-29(35)37-22-34-28-13-7-12-27(30(28)38-31(34)36)33-18-16-32(17-19-33)21-23-8-6-11-25(20-23)24-9-4-3-5-10-24/h3-13,20,26,39H,2,14-19,21-22H2,1H3. The van der Waals surface area contributed by atoms with Gasteiger partial charge in [-0.05, 0) is 47.7 Å². The number of fused-ring (bicyclic) bond motifs is 1. The van der Waals surface area contributed by atoms with E-state index in [1.54, 1.807) is 0 Å². The highest BCUT2D eigenvalue weighted by atomic mass is 32.1. The van der Waals surface area contributed by atoms with Crippen molar-refractivity contribution in [1.29, 1.82) is 0 Å². The molecule has 0 N–H and O–H groups in total. The van der Waals surface area contributed by atoms with Crippen molar-refractivity contribution in [3.8, 4) is 11.1 Å². The summed E-state index contributed by atoms with van der Waals surface area (Å²) in [4.78, 5) is 29.5. The van der Waals surface area contributed by atoms with Gasteiger partial charge in [0, 0.05) is 44.4 Å². The summed E-state index contributed by atoms with van der Waals surface area (Å²) >= 11 is 4.42. The topological polar surface area (TPSA) is 67.9 Å². The Hall–Kier alpha value is -3.49. The van der Waals surface area contributed by atoms with Crippen LogP contribution in [0, 0.1) is 0 Å². The first-order chi connectivity index (χ1) is 19.0. The Morgan fingerprint density at radius 2 is 1.72 bits per heavy atom. The summed E-state index contributed by atoms with van der Waals surface area (Å²) in [6, 6.07) is 24.9. The molecule has 0 amide bonds. The maximum atomic E-state index is 12.6. The summed E-state index contributed by atoms with van der Waals surface area (Å²) in [6.07, 6.45) is 1.81. The van der Waals surface area contributed by atoms with Gasteiger partial charge in [-0.15, -0.1) is 0 Å². The highest BCUT2D eigenvalue weighted by molar-refractivity contribution is 7.80. The van der Waals surface area contributed by atoms with Crippen LogP contribution in [0.1, 0.15) is 31.7 Å². The summed E-state index contributed by atoms with van der Waals surface area (Å²) in [5.41, 5.74) is 5.80. The highest BCUT2D eigenvalue weighted by Crippen LogP contribution is 2.28. The predicted octanol–water partition coefficient (Wildman–Crippen LogP) is 5.57. The van der Waals surface area contributed by atoms with Crippen LogP contribution >= 0.6 is 12.6 Å². The lowest BCUT2D eigenvalue weighted by atomic mass is 10.0. The van der Waals surface area contributed by atoms with Gasteiger partial charge in [-0.1, -0.05) is 61.5 Å². The van der Waals surface area contributed by atoms with E-state index < -0.39 is 5.76 Å². The van der Waals surface area contributed by atoms with Gasteiger partial charge in [-0.3, -0.25) is 9.69 Å². The molecule has 1 atom stereocenters. The minimum absolute atomic E-state index is 0.159. The Morgan fingerprint density at radius 3 is 2.49 bits per heavy atom. The molecule has 204 valence electrons. The summed E-state index contributed by atoms with van der Waals surface area (Å²) < 4.78 is 12.4. The SMILES string of the molecule is CCC(S)CCC(=O)OCn1c(=O)oc2c(N3CCN(Cc4cccc(-c5ccccc5)c4)CC3)cccc21. The minimum Gasteiger partial charge on any atom is -0.444 e. The first-order valence-electron chi connectivity index (χ1n) is 13.6. The number of carbonyl (C=O) groups is 1. The lowest BCUT2D eigenvalue weighted by Crippen LogP contribution is -2.46. The van der Waals surface area contributed by atoms with E-state index in [0.29, 0.717) is 17.5 Å². The number of hydrogen-bond donors (Lipinski definition) is 1. The van der Waals surface area contributed by atoms with Crippen LogP contribution in [0.4, 0.5) is 5.69 Å². The van der Waals surface area contributed by atoms with Crippen LogP contribution in [0.25, 0.3) is 22.2 Å². The molecule has 0 radical (unpaired) electrons. The Kier molecular flexibility index (Phi) is 8.74. The van der Waals surface area contributed by atoms with Gasteiger partial charge in [0.1, 0.15) is 0 Å². The number of oxazole rings is 1. The average Bonchev–Trinajstić information content (AvgIpc) is 3.30. The van der Waals surface area contributed by atoms with Crippen molar-refractivity contribution < 1.29 is 13.9 Å². The van der Waals surface area contributed by atoms with Crippen molar-refractivity contribution in [3.63, 3.8) is 0 Å². The molecule has 1 saturated heterocycles. The third-order valence-corrected chi connectivity index (χ3v) is 7.96. The maximum Gasteiger partial charge on any atom is 0.422 e. The number of thiol groups is 1. The van der Waals surface area contributed by atoms with Crippen molar-refractivity contribution in [3.05, 3.63) is 88.9 Å². The third-order valence-electron chi connectivity index (χ3n) is 7.33. The zero-order valence-corrected chi connectivity index (χ0v) is 23.2. The van der Waals surface area contributed by atoms with Gasteiger partial charge in [0.05, 0.1) is 11.2 Å². The molecule has 3 aromatic carbocycles. The van der Waals surface area contributed by atoms with Crippen molar-refractivity contribution in [1.82, 2.24) is 9.47 Å². The number of anilines is 1. The lowest BCUT2D eigenvalue weighted by Gasteiger charge is -2.36. The van der Waals surface area contributed by atoms with Crippen LogP contribution in [0.2, 0.25) is 0 Å². The van der Waals surface area contributed by atoms with Gasteiger partial charge < -0.3 is 14.1 Å². The molecule has 1 aliphatic rings. The summed E-state index contributed by atoms with van der Waals surface area (Å²) in [7, 11) is 0. The first-order valence-corrected chi connectivity index (χ1v) is 14.1. The molecule has 8 heteroatoms. The molecule has 4 aromatic rings. The molecule has 1 fully saturated rings. The second-order valence-electron chi connectivity index (χ2n) is 10.00. The molecule has 2 heterocycles. The van der Waals surface area contributed by atoms with Gasteiger partial charge in [0.25, 0.3) is 0 Å². The van der Waals surface area contributed by atoms with Crippen molar-refractivity contribution in [2.45, 2.75) is 44.7 Å². The number of piperazine rings is 1. The quantitative estimate of drug-likeness (QED) is 0.208. The Balaban J connectivity index is 1.21.